The molecule has 26 heavy (non-hydrogen) atoms. The zero-order chi connectivity index (χ0) is 19.9. The Bertz CT molecular complexity index is 638. The number of amides is 1. The van der Waals surface area contributed by atoms with Gasteiger partial charge in [-0.05, 0) is 38.5 Å². The van der Waals surface area contributed by atoms with E-state index in [-0.39, 0.29) is 13.0 Å². The van der Waals surface area contributed by atoms with E-state index in [1.54, 1.807) is 45.0 Å². The van der Waals surface area contributed by atoms with Crippen LogP contribution in [0.15, 0.2) is 24.3 Å². The third-order valence-electron chi connectivity index (χ3n) is 3.41. The summed E-state index contributed by atoms with van der Waals surface area (Å²) in [7, 11) is 0. The van der Waals surface area contributed by atoms with Crippen LogP contribution in [0.1, 0.15) is 45.6 Å². The molecule has 0 aliphatic carbocycles. The molecule has 2 N–H and O–H groups in total. The number of hydrogen-bond acceptors (Lipinski definition) is 5. The van der Waals surface area contributed by atoms with Crippen molar-refractivity contribution >= 4 is 29.6 Å². The molecule has 0 aliphatic heterocycles. The van der Waals surface area contributed by atoms with Crippen LogP contribution in [0, 0.1) is 5.41 Å². The van der Waals surface area contributed by atoms with Crippen LogP contribution in [0.5, 0.6) is 0 Å². The Labute approximate surface area is 157 Å². The number of esters is 1. The number of aliphatic carboxylic acids is 1. The summed E-state index contributed by atoms with van der Waals surface area (Å²) in [6.07, 6.45) is -2.03. The summed E-state index contributed by atoms with van der Waals surface area (Å²) in [5.41, 5.74) is 0.0132. The lowest BCUT2D eigenvalue weighted by atomic mass is 9.96. The second kappa shape index (κ2) is 9.43. The molecule has 7 nitrogen and oxygen atoms in total. The maximum atomic E-state index is 11.9. The molecule has 0 radical (unpaired) electrons. The van der Waals surface area contributed by atoms with Gasteiger partial charge in [-0.1, -0.05) is 23.7 Å². The van der Waals surface area contributed by atoms with Crippen molar-refractivity contribution in [2.24, 2.45) is 5.41 Å². The quantitative estimate of drug-likeness (QED) is 0.549. The van der Waals surface area contributed by atoms with Crippen molar-refractivity contribution in [2.75, 3.05) is 6.54 Å². The third kappa shape index (κ3) is 7.74. The molecule has 0 spiro atoms. The Balaban J connectivity index is 2.59. The highest BCUT2D eigenvalue weighted by atomic mass is 35.5. The zero-order valence-corrected chi connectivity index (χ0v) is 16.0. The number of carboxylic acids is 1. The molecule has 1 amide bonds. The Morgan fingerprint density at radius 3 is 2.23 bits per heavy atom. The minimum Gasteiger partial charge on any atom is -0.481 e. The molecule has 0 aromatic heterocycles. The van der Waals surface area contributed by atoms with Crippen LogP contribution in [0.2, 0.25) is 5.02 Å². The number of alkyl carbamates (subject to hydrolysis) is 1. The molecule has 144 valence electrons. The van der Waals surface area contributed by atoms with E-state index in [0.29, 0.717) is 5.02 Å². The number of carbonyl (C=O) groups is 3. The number of ether oxygens (including phenoxy) is 2. The van der Waals surface area contributed by atoms with Crippen LogP contribution < -0.4 is 5.32 Å². The predicted octanol–water partition coefficient (Wildman–Crippen LogP) is 3.56. The number of rotatable bonds is 7. The fourth-order valence-corrected chi connectivity index (χ4v) is 2.13. The number of benzene rings is 1. The van der Waals surface area contributed by atoms with Gasteiger partial charge in [-0.2, -0.15) is 0 Å². The van der Waals surface area contributed by atoms with Crippen molar-refractivity contribution in [3.8, 4) is 0 Å². The van der Waals surface area contributed by atoms with Crippen molar-refractivity contribution in [2.45, 2.75) is 46.3 Å². The fraction of sp³-hybridized carbons (Fsp3) is 0.500. The Kier molecular flexibility index (Phi) is 7.89. The molecule has 8 heteroatoms. The van der Waals surface area contributed by atoms with E-state index in [4.69, 9.17) is 26.2 Å². The number of hydrogen-bond donors (Lipinski definition) is 2. The molecule has 0 heterocycles. The summed E-state index contributed by atoms with van der Waals surface area (Å²) in [6.45, 7) is 6.53. The van der Waals surface area contributed by atoms with Crippen molar-refractivity contribution < 1.29 is 29.0 Å². The van der Waals surface area contributed by atoms with E-state index in [1.807, 2.05) is 0 Å². The molecular weight excluding hydrogens is 362 g/mol. The van der Waals surface area contributed by atoms with Crippen molar-refractivity contribution in [3.05, 3.63) is 34.9 Å². The topological polar surface area (TPSA) is 102 Å². The molecule has 0 saturated carbocycles. The van der Waals surface area contributed by atoms with Gasteiger partial charge < -0.3 is 19.9 Å². The maximum absolute atomic E-state index is 11.9. The molecule has 0 bridgehead atoms. The molecular formula is C18H24ClNO6. The molecule has 0 saturated heterocycles. The first-order valence-electron chi connectivity index (χ1n) is 8.12. The van der Waals surface area contributed by atoms with Crippen LogP contribution in [-0.4, -0.2) is 36.0 Å². The van der Waals surface area contributed by atoms with Gasteiger partial charge in [-0.25, -0.2) is 4.79 Å². The summed E-state index contributed by atoms with van der Waals surface area (Å²) in [5, 5.41) is 12.1. The molecule has 1 aromatic rings. The number of carboxylic acid groups (broad SMARTS) is 1. The highest BCUT2D eigenvalue weighted by Crippen LogP contribution is 2.21. The molecule has 1 unspecified atom stereocenters. The van der Waals surface area contributed by atoms with Crippen LogP contribution in [0.4, 0.5) is 4.79 Å². The lowest BCUT2D eigenvalue weighted by Gasteiger charge is -2.21. The maximum Gasteiger partial charge on any atom is 0.410 e. The summed E-state index contributed by atoms with van der Waals surface area (Å²) in [4.78, 5) is 34.7. The van der Waals surface area contributed by atoms with Gasteiger partial charge >= 0.3 is 18.0 Å². The highest BCUT2D eigenvalue weighted by molar-refractivity contribution is 6.30. The van der Waals surface area contributed by atoms with Gasteiger partial charge in [0.1, 0.15) is 0 Å². The summed E-state index contributed by atoms with van der Waals surface area (Å²) in [6, 6.07) is 6.71. The van der Waals surface area contributed by atoms with Gasteiger partial charge in [-0.3, -0.25) is 9.59 Å². The average molecular weight is 386 g/mol. The lowest BCUT2D eigenvalue weighted by molar-refractivity contribution is -0.174. The Hall–Kier alpha value is -2.28. The zero-order valence-electron chi connectivity index (χ0n) is 15.2. The largest absolute Gasteiger partial charge is 0.481 e. The van der Waals surface area contributed by atoms with Gasteiger partial charge in [0.25, 0.3) is 0 Å². The normalized spacial score (nSPS) is 13.4. The summed E-state index contributed by atoms with van der Waals surface area (Å²) < 4.78 is 9.99. The minimum absolute atomic E-state index is 0.0483. The summed E-state index contributed by atoms with van der Waals surface area (Å²) in [5.74, 6) is -1.94. The Morgan fingerprint density at radius 1 is 1.15 bits per heavy atom. The SMILES string of the molecule is CC(OC(=O)NC[C@H](CC(=O)O)c1ccc(Cl)cc1)OC(=O)C(C)(C)C. The number of carbonyl (C=O) groups excluding carboxylic acids is 2. The monoisotopic (exact) mass is 385 g/mol. The van der Waals surface area contributed by atoms with E-state index in [2.05, 4.69) is 5.32 Å². The standard InChI is InChI=1S/C18H24ClNO6/c1-11(25-16(23)18(2,3)4)26-17(24)20-10-13(9-15(21)22)12-5-7-14(19)8-6-12/h5-8,11,13H,9-10H2,1-4H3,(H,20,24)(H,21,22)/t11?,13-/m0/s1. The highest BCUT2D eigenvalue weighted by Gasteiger charge is 2.26. The molecule has 1 aromatic carbocycles. The third-order valence-corrected chi connectivity index (χ3v) is 3.67. The van der Waals surface area contributed by atoms with Crippen LogP contribution in [0.25, 0.3) is 0 Å². The van der Waals surface area contributed by atoms with Crippen LogP contribution in [0.3, 0.4) is 0 Å². The minimum atomic E-state index is -1.06. The van der Waals surface area contributed by atoms with Gasteiger partial charge in [0.15, 0.2) is 0 Å². The van der Waals surface area contributed by atoms with Gasteiger partial charge in [0.2, 0.25) is 6.29 Å². The first-order valence-corrected chi connectivity index (χ1v) is 8.49. The second-order valence-corrected chi connectivity index (χ2v) is 7.29. The van der Waals surface area contributed by atoms with Gasteiger partial charge in [0, 0.05) is 24.4 Å². The van der Waals surface area contributed by atoms with E-state index >= 15 is 0 Å². The van der Waals surface area contributed by atoms with E-state index < -0.39 is 35.7 Å². The van der Waals surface area contributed by atoms with Gasteiger partial charge in [-0.15, -0.1) is 0 Å². The lowest BCUT2D eigenvalue weighted by Crippen LogP contribution is -2.35. The van der Waals surface area contributed by atoms with Crippen molar-refractivity contribution in [1.29, 1.82) is 0 Å². The smallest absolute Gasteiger partial charge is 0.410 e. The van der Waals surface area contributed by atoms with E-state index in [9.17, 15) is 14.4 Å². The predicted molar refractivity (Wildman–Crippen MR) is 95.9 cm³/mol. The Morgan fingerprint density at radius 2 is 1.73 bits per heavy atom. The molecule has 2 atom stereocenters. The average Bonchev–Trinajstić information content (AvgIpc) is 2.50. The van der Waals surface area contributed by atoms with E-state index in [0.717, 1.165) is 5.56 Å². The first kappa shape index (κ1) is 21.8. The molecule has 0 fully saturated rings. The van der Waals surface area contributed by atoms with Crippen LogP contribution >= 0.6 is 11.6 Å². The summed E-state index contributed by atoms with van der Waals surface area (Å²) >= 11 is 5.83. The number of nitrogens with one attached hydrogen (secondary N) is 1. The van der Waals surface area contributed by atoms with Crippen molar-refractivity contribution in [3.63, 3.8) is 0 Å². The van der Waals surface area contributed by atoms with E-state index in [1.165, 1.54) is 6.92 Å². The van der Waals surface area contributed by atoms with Gasteiger partial charge in [0.05, 0.1) is 11.8 Å². The molecule has 0 aliphatic rings. The van der Waals surface area contributed by atoms with Crippen LogP contribution in [-0.2, 0) is 19.1 Å². The number of halogens is 1. The molecule has 1 rings (SSSR count). The fourth-order valence-electron chi connectivity index (χ4n) is 2.00. The second-order valence-electron chi connectivity index (χ2n) is 6.86. The van der Waals surface area contributed by atoms with Crippen molar-refractivity contribution in [1.82, 2.24) is 5.32 Å². The first-order chi connectivity index (χ1) is 12.0.